The summed E-state index contributed by atoms with van der Waals surface area (Å²) in [7, 11) is 0. The molecule has 1 heterocycles. The van der Waals surface area contributed by atoms with Crippen LogP contribution in [0.2, 0.25) is 0 Å². The molecule has 0 bridgehead atoms. The van der Waals surface area contributed by atoms with E-state index in [1.165, 1.54) is 18.2 Å². The van der Waals surface area contributed by atoms with Gasteiger partial charge < -0.3 is 10.3 Å². The number of benzene rings is 2. The molecular formula is C17H14N4O4S. The molecule has 0 atom stereocenters. The maximum Gasteiger partial charge on any atom is 0.269 e. The van der Waals surface area contributed by atoms with E-state index in [0.717, 1.165) is 11.8 Å². The molecule has 3 rings (SSSR count). The van der Waals surface area contributed by atoms with Gasteiger partial charge in [-0.15, -0.1) is 0 Å². The van der Waals surface area contributed by atoms with Crippen LogP contribution < -0.4 is 10.9 Å². The zero-order valence-electron chi connectivity index (χ0n) is 13.7. The lowest BCUT2D eigenvalue weighted by Gasteiger charge is -2.08. The van der Waals surface area contributed by atoms with Gasteiger partial charge in [0.2, 0.25) is 5.91 Å². The number of amides is 1. The summed E-state index contributed by atoms with van der Waals surface area (Å²) in [5, 5.41) is 14.3. The minimum atomic E-state index is -0.490. The minimum Gasteiger partial charge on any atom is -0.325 e. The van der Waals surface area contributed by atoms with Gasteiger partial charge in [-0.1, -0.05) is 23.9 Å². The van der Waals surface area contributed by atoms with Gasteiger partial charge in [0, 0.05) is 17.8 Å². The molecule has 0 radical (unpaired) electrons. The lowest BCUT2D eigenvalue weighted by molar-refractivity contribution is -0.384. The SMILES string of the molecule is Cc1cc([N+](=O)[O-])ccc1NC(=O)CSc1nc2ccccc2c(=O)[nH]1. The van der Waals surface area contributed by atoms with E-state index in [1.54, 1.807) is 31.2 Å². The molecule has 0 aliphatic carbocycles. The number of nitrogens with zero attached hydrogens (tertiary/aromatic N) is 2. The van der Waals surface area contributed by atoms with Gasteiger partial charge in [-0.25, -0.2) is 4.98 Å². The number of H-pyrrole nitrogens is 1. The number of hydrogen-bond acceptors (Lipinski definition) is 6. The van der Waals surface area contributed by atoms with Gasteiger partial charge in [0.15, 0.2) is 5.16 Å². The van der Waals surface area contributed by atoms with Crippen molar-refractivity contribution >= 4 is 39.9 Å². The maximum absolute atomic E-state index is 12.1. The van der Waals surface area contributed by atoms with Crippen LogP contribution in [0.15, 0.2) is 52.4 Å². The quantitative estimate of drug-likeness (QED) is 0.309. The zero-order valence-corrected chi connectivity index (χ0v) is 14.5. The third kappa shape index (κ3) is 3.89. The molecule has 0 unspecified atom stereocenters. The second-order valence-electron chi connectivity index (χ2n) is 5.48. The highest BCUT2D eigenvalue weighted by Crippen LogP contribution is 2.22. The topological polar surface area (TPSA) is 118 Å². The third-order valence-electron chi connectivity index (χ3n) is 3.63. The van der Waals surface area contributed by atoms with Crippen molar-refractivity contribution in [2.75, 3.05) is 11.1 Å². The number of nitro groups is 1. The summed E-state index contributed by atoms with van der Waals surface area (Å²) >= 11 is 1.10. The van der Waals surface area contributed by atoms with Crippen molar-refractivity contribution in [2.45, 2.75) is 12.1 Å². The van der Waals surface area contributed by atoms with E-state index >= 15 is 0 Å². The van der Waals surface area contributed by atoms with E-state index in [0.29, 0.717) is 27.3 Å². The summed E-state index contributed by atoms with van der Waals surface area (Å²) in [6, 6.07) is 11.2. The number of fused-ring (bicyclic) bond motifs is 1. The number of carbonyl (C=O) groups excluding carboxylic acids is 1. The molecule has 2 N–H and O–H groups in total. The number of aryl methyl sites for hydroxylation is 1. The summed E-state index contributed by atoms with van der Waals surface area (Å²) in [6.45, 7) is 1.68. The Morgan fingerprint density at radius 3 is 2.81 bits per heavy atom. The predicted octanol–water partition coefficient (Wildman–Crippen LogP) is 2.87. The van der Waals surface area contributed by atoms with Crippen molar-refractivity contribution in [3.05, 3.63) is 68.5 Å². The Morgan fingerprint density at radius 1 is 1.31 bits per heavy atom. The standard InChI is InChI=1S/C17H14N4O4S/c1-10-8-11(21(24)25)6-7-13(10)18-15(22)9-26-17-19-14-5-3-2-4-12(14)16(23)20-17/h2-8H,9H2,1H3,(H,18,22)(H,19,20,23). The first-order valence-electron chi connectivity index (χ1n) is 7.61. The summed E-state index contributed by atoms with van der Waals surface area (Å²) < 4.78 is 0. The lowest BCUT2D eigenvalue weighted by atomic mass is 10.2. The van der Waals surface area contributed by atoms with E-state index in [9.17, 15) is 19.7 Å². The molecule has 26 heavy (non-hydrogen) atoms. The van der Waals surface area contributed by atoms with Crippen molar-refractivity contribution in [1.82, 2.24) is 9.97 Å². The largest absolute Gasteiger partial charge is 0.325 e. The number of nitrogens with one attached hydrogen (secondary N) is 2. The van der Waals surface area contributed by atoms with Crippen molar-refractivity contribution in [3.63, 3.8) is 0 Å². The molecule has 0 aliphatic heterocycles. The second-order valence-corrected chi connectivity index (χ2v) is 6.45. The number of aromatic amines is 1. The average molecular weight is 370 g/mol. The molecule has 0 saturated heterocycles. The molecule has 3 aromatic rings. The molecule has 1 aromatic heterocycles. The Labute approximate surface area is 151 Å². The normalized spacial score (nSPS) is 10.7. The molecule has 0 fully saturated rings. The fraction of sp³-hybridized carbons (Fsp3) is 0.118. The van der Waals surface area contributed by atoms with Gasteiger partial charge in [-0.3, -0.25) is 19.7 Å². The third-order valence-corrected chi connectivity index (χ3v) is 4.50. The molecule has 132 valence electrons. The molecule has 9 heteroatoms. The molecular weight excluding hydrogens is 356 g/mol. The number of para-hydroxylation sites is 1. The Morgan fingerprint density at radius 2 is 2.08 bits per heavy atom. The molecule has 8 nitrogen and oxygen atoms in total. The van der Waals surface area contributed by atoms with Gasteiger partial charge in [0.05, 0.1) is 21.6 Å². The van der Waals surface area contributed by atoms with Gasteiger partial charge in [-0.2, -0.15) is 0 Å². The molecule has 0 aliphatic rings. The second kappa shape index (κ2) is 7.36. The zero-order chi connectivity index (χ0) is 18.7. The van der Waals surface area contributed by atoms with Crippen LogP contribution in [0.4, 0.5) is 11.4 Å². The van der Waals surface area contributed by atoms with E-state index in [-0.39, 0.29) is 22.9 Å². The summed E-state index contributed by atoms with van der Waals surface area (Å²) in [5.74, 6) is -0.264. The van der Waals surface area contributed by atoms with E-state index in [4.69, 9.17) is 0 Å². The fourth-order valence-corrected chi connectivity index (χ4v) is 3.02. The number of thioether (sulfide) groups is 1. The molecule has 1 amide bonds. The van der Waals surface area contributed by atoms with Gasteiger partial charge >= 0.3 is 0 Å². The van der Waals surface area contributed by atoms with Gasteiger partial charge in [0.25, 0.3) is 11.2 Å². The van der Waals surface area contributed by atoms with Crippen molar-refractivity contribution in [1.29, 1.82) is 0 Å². The highest BCUT2D eigenvalue weighted by molar-refractivity contribution is 7.99. The first-order valence-corrected chi connectivity index (χ1v) is 8.59. The number of anilines is 1. The summed E-state index contributed by atoms with van der Waals surface area (Å²) in [4.78, 5) is 41.3. The first-order chi connectivity index (χ1) is 12.4. The fourth-order valence-electron chi connectivity index (χ4n) is 2.36. The average Bonchev–Trinajstić information content (AvgIpc) is 2.61. The van der Waals surface area contributed by atoms with Crippen LogP contribution >= 0.6 is 11.8 Å². The monoisotopic (exact) mass is 370 g/mol. The number of nitro benzene ring substituents is 1. The molecule has 0 saturated carbocycles. The Bertz CT molecular complexity index is 1060. The van der Waals surface area contributed by atoms with Crippen LogP contribution in [0.1, 0.15) is 5.56 Å². The maximum atomic E-state index is 12.1. The van der Waals surface area contributed by atoms with Crippen LogP contribution in [0.5, 0.6) is 0 Å². The van der Waals surface area contributed by atoms with E-state index in [1.807, 2.05) is 0 Å². The lowest BCUT2D eigenvalue weighted by Crippen LogP contribution is -2.16. The Hall–Kier alpha value is -3.20. The number of carbonyl (C=O) groups is 1. The van der Waals surface area contributed by atoms with Crippen LogP contribution in [0.25, 0.3) is 10.9 Å². The van der Waals surface area contributed by atoms with Crippen LogP contribution in [0, 0.1) is 17.0 Å². The van der Waals surface area contributed by atoms with Gasteiger partial charge in [-0.05, 0) is 30.7 Å². The highest BCUT2D eigenvalue weighted by atomic mass is 32.2. The van der Waals surface area contributed by atoms with E-state index < -0.39 is 4.92 Å². The van der Waals surface area contributed by atoms with Crippen LogP contribution in [-0.2, 0) is 4.79 Å². The number of rotatable bonds is 5. The number of aromatic nitrogens is 2. The summed E-state index contributed by atoms with van der Waals surface area (Å²) in [6.07, 6.45) is 0. The molecule has 2 aromatic carbocycles. The van der Waals surface area contributed by atoms with Crippen LogP contribution in [-0.4, -0.2) is 26.6 Å². The minimum absolute atomic E-state index is 0.0344. The Kier molecular flexibility index (Phi) is 4.99. The smallest absolute Gasteiger partial charge is 0.269 e. The first kappa shape index (κ1) is 17.6. The summed E-state index contributed by atoms with van der Waals surface area (Å²) in [5.41, 5.74) is 1.36. The number of hydrogen-bond donors (Lipinski definition) is 2. The van der Waals surface area contributed by atoms with Crippen LogP contribution in [0.3, 0.4) is 0 Å². The predicted molar refractivity (Wildman–Crippen MR) is 99.6 cm³/mol. The van der Waals surface area contributed by atoms with E-state index in [2.05, 4.69) is 15.3 Å². The molecule has 0 spiro atoms. The van der Waals surface area contributed by atoms with Crippen molar-refractivity contribution < 1.29 is 9.72 Å². The number of non-ortho nitro benzene ring substituents is 1. The Balaban J connectivity index is 1.68. The van der Waals surface area contributed by atoms with Gasteiger partial charge in [0.1, 0.15) is 0 Å². The van der Waals surface area contributed by atoms with Crippen molar-refractivity contribution in [2.24, 2.45) is 0 Å². The van der Waals surface area contributed by atoms with Crippen molar-refractivity contribution in [3.8, 4) is 0 Å². The highest BCUT2D eigenvalue weighted by Gasteiger charge is 2.11.